The van der Waals surface area contributed by atoms with Gasteiger partial charge >= 0.3 is 6.03 Å². The van der Waals surface area contributed by atoms with Crippen molar-refractivity contribution in [1.29, 1.82) is 0 Å². The average molecular weight is 300 g/mol. The third-order valence-corrected chi connectivity index (χ3v) is 3.42. The molecule has 0 N–H and O–H groups in total. The fourth-order valence-corrected chi connectivity index (χ4v) is 2.10. The van der Waals surface area contributed by atoms with Gasteiger partial charge in [-0.25, -0.2) is 9.10 Å². The Balaban J connectivity index is 3.04. The molecule has 0 saturated heterocycles. The van der Waals surface area contributed by atoms with Crippen molar-refractivity contribution in [2.45, 2.75) is 0 Å². The molecule has 0 atom stereocenters. The van der Waals surface area contributed by atoms with E-state index in [2.05, 4.69) is 0 Å². The Morgan fingerprint density at radius 2 is 1.88 bits per heavy atom. The summed E-state index contributed by atoms with van der Waals surface area (Å²) >= 11 is 12.4. The van der Waals surface area contributed by atoms with Gasteiger partial charge in [-0.05, 0) is 28.9 Å². The Morgan fingerprint density at radius 1 is 1.25 bits per heavy atom. The fraction of sp³-hybridized carbons (Fsp3) is 0.222. The third kappa shape index (κ3) is 3.10. The number of hydrogen-bond acceptors (Lipinski definition) is 2. The molecule has 0 aliphatic rings. The molecule has 7 heteroatoms. The molecule has 0 fully saturated rings. The zero-order valence-corrected chi connectivity index (χ0v) is 11.7. The zero-order valence-electron chi connectivity index (χ0n) is 8.58. The van der Waals surface area contributed by atoms with E-state index < -0.39 is 0 Å². The van der Waals surface area contributed by atoms with Crippen LogP contribution < -0.4 is 4.31 Å². The first-order chi connectivity index (χ1) is 7.47. The van der Waals surface area contributed by atoms with Gasteiger partial charge in [0.25, 0.3) is 0 Å². The molecular weight excluding hydrogens is 291 g/mol. The van der Waals surface area contributed by atoms with E-state index in [0.717, 1.165) is 11.2 Å². The Bertz CT molecular complexity index is 400. The van der Waals surface area contributed by atoms with Gasteiger partial charge < -0.3 is 4.90 Å². The Morgan fingerprint density at radius 3 is 2.31 bits per heavy atom. The van der Waals surface area contributed by atoms with Crippen LogP contribution in [0.25, 0.3) is 0 Å². The lowest BCUT2D eigenvalue weighted by Gasteiger charge is -2.22. The van der Waals surface area contributed by atoms with E-state index in [0.29, 0.717) is 15.7 Å². The number of hydrogen-bond donors (Lipinski definition) is 0. The molecule has 1 rings (SSSR count). The summed E-state index contributed by atoms with van der Waals surface area (Å²) < 4.78 is 1.31. The van der Waals surface area contributed by atoms with E-state index in [4.69, 9.17) is 33.9 Å². The topological polar surface area (TPSA) is 23.6 Å². The predicted octanol–water partition coefficient (Wildman–Crippen LogP) is 4.28. The van der Waals surface area contributed by atoms with Gasteiger partial charge in [-0.3, -0.25) is 0 Å². The maximum Gasteiger partial charge on any atom is 0.335 e. The number of carbonyl (C=O) groups is 1. The maximum absolute atomic E-state index is 11.7. The molecular formula is C9H9Cl3N2OS. The molecule has 16 heavy (non-hydrogen) atoms. The van der Waals surface area contributed by atoms with Gasteiger partial charge in [0.1, 0.15) is 0 Å². The monoisotopic (exact) mass is 298 g/mol. The molecule has 0 aromatic heterocycles. The molecule has 0 bridgehead atoms. The van der Waals surface area contributed by atoms with Gasteiger partial charge in [0.15, 0.2) is 0 Å². The molecule has 0 aliphatic carbocycles. The minimum absolute atomic E-state index is 0.251. The van der Waals surface area contributed by atoms with Gasteiger partial charge in [0.2, 0.25) is 0 Å². The molecule has 0 aliphatic heterocycles. The fourth-order valence-electron chi connectivity index (χ4n) is 0.973. The van der Waals surface area contributed by atoms with Crippen molar-refractivity contribution in [2.24, 2.45) is 0 Å². The maximum atomic E-state index is 11.7. The van der Waals surface area contributed by atoms with Crippen molar-refractivity contribution >= 4 is 56.8 Å². The molecule has 0 spiro atoms. The SMILES string of the molecule is CN(C)C(=O)N(SCl)c1ccc(Cl)c(Cl)c1. The van der Waals surface area contributed by atoms with E-state index in [1.807, 2.05) is 0 Å². The van der Waals surface area contributed by atoms with E-state index in [1.54, 1.807) is 32.3 Å². The number of halogens is 3. The molecule has 1 aromatic rings. The number of anilines is 1. The van der Waals surface area contributed by atoms with Crippen LogP contribution in [0.4, 0.5) is 10.5 Å². The van der Waals surface area contributed by atoms with Crippen LogP contribution in [0.1, 0.15) is 0 Å². The van der Waals surface area contributed by atoms with Gasteiger partial charge in [-0.1, -0.05) is 23.2 Å². The van der Waals surface area contributed by atoms with Crippen molar-refractivity contribution in [3.05, 3.63) is 28.2 Å². The molecule has 0 saturated carbocycles. The van der Waals surface area contributed by atoms with Crippen molar-refractivity contribution < 1.29 is 4.79 Å². The summed E-state index contributed by atoms with van der Waals surface area (Å²) in [5, 5.41) is 0.809. The van der Waals surface area contributed by atoms with Gasteiger partial charge in [0.05, 0.1) is 26.9 Å². The molecule has 88 valence electrons. The first kappa shape index (κ1) is 13.8. The van der Waals surface area contributed by atoms with Crippen LogP contribution in [0.3, 0.4) is 0 Å². The van der Waals surface area contributed by atoms with Crippen LogP contribution in [-0.2, 0) is 0 Å². The van der Waals surface area contributed by atoms with Crippen LogP contribution in [0.15, 0.2) is 18.2 Å². The standard InChI is InChI=1S/C9H9Cl3N2OS/c1-13(2)9(15)14(16-12)6-3-4-7(10)8(11)5-6/h3-5H,1-2H3. The first-order valence-electron chi connectivity index (χ1n) is 4.22. The number of nitrogens with zero attached hydrogens (tertiary/aromatic N) is 2. The lowest BCUT2D eigenvalue weighted by molar-refractivity contribution is 0.228. The number of rotatable bonds is 2. The normalized spacial score (nSPS) is 10.1. The smallest absolute Gasteiger partial charge is 0.330 e. The highest BCUT2D eigenvalue weighted by Gasteiger charge is 2.18. The van der Waals surface area contributed by atoms with E-state index in [1.165, 1.54) is 9.21 Å². The van der Waals surface area contributed by atoms with Crippen molar-refractivity contribution in [3.63, 3.8) is 0 Å². The minimum atomic E-state index is -0.251. The summed E-state index contributed by atoms with van der Waals surface area (Å²) in [7, 11) is 8.93. The molecule has 2 amide bonds. The highest BCUT2D eigenvalue weighted by Crippen LogP contribution is 2.32. The molecule has 0 heterocycles. The van der Waals surface area contributed by atoms with Gasteiger partial charge in [-0.2, -0.15) is 0 Å². The summed E-state index contributed by atoms with van der Waals surface area (Å²) in [6.07, 6.45) is 0. The Labute approximate surface area is 113 Å². The number of carbonyl (C=O) groups excluding carboxylic acids is 1. The van der Waals surface area contributed by atoms with Gasteiger partial charge in [-0.15, -0.1) is 0 Å². The molecule has 3 nitrogen and oxygen atoms in total. The molecule has 0 unspecified atom stereocenters. The zero-order chi connectivity index (χ0) is 12.3. The van der Waals surface area contributed by atoms with Gasteiger partial charge in [0, 0.05) is 14.1 Å². The number of benzene rings is 1. The van der Waals surface area contributed by atoms with Crippen LogP contribution in [0.5, 0.6) is 0 Å². The van der Waals surface area contributed by atoms with Crippen molar-refractivity contribution in [3.8, 4) is 0 Å². The summed E-state index contributed by atoms with van der Waals surface area (Å²) in [5.74, 6) is 0. The van der Waals surface area contributed by atoms with E-state index in [-0.39, 0.29) is 6.03 Å². The third-order valence-electron chi connectivity index (χ3n) is 1.76. The lowest BCUT2D eigenvalue weighted by atomic mass is 10.3. The summed E-state index contributed by atoms with van der Waals surface area (Å²) in [6, 6.07) is 4.62. The highest BCUT2D eigenvalue weighted by molar-refractivity contribution is 8.22. The van der Waals surface area contributed by atoms with Crippen LogP contribution in [-0.4, -0.2) is 25.0 Å². The minimum Gasteiger partial charge on any atom is -0.330 e. The average Bonchev–Trinajstić information content (AvgIpc) is 2.24. The van der Waals surface area contributed by atoms with E-state index >= 15 is 0 Å². The van der Waals surface area contributed by atoms with Crippen LogP contribution in [0, 0.1) is 0 Å². The second-order valence-corrected chi connectivity index (χ2v) is 4.87. The number of urea groups is 1. The quantitative estimate of drug-likeness (QED) is 0.761. The molecule has 0 radical (unpaired) electrons. The van der Waals surface area contributed by atoms with Crippen molar-refractivity contribution in [2.75, 3.05) is 18.4 Å². The first-order valence-corrected chi connectivity index (χ1v) is 6.58. The Kier molecular flexibility index (Phi) is 5.05. The second-order valence-electron chi connectivity index (χ2n) is 3.14. The van der Waals surface area contributed by atoms with E-state index in [9.17, 15) is 4.79 Å². The summed E-state index contributed by atoms with van der Waals surface area (Å²) in [4.78, 5) is 13.2. The van der Waals surface area contributed by atoms with Crippen molar-refractivity contribution in [1.82, 2.24) is 4.90 Å². The Hall–Kier alpha value is -0.290. The largest absolute Gasteiger partial charge is 0.335 e. The highest BCUT2D eigenvalue weighted by atomic mass is 35.7. The van der Waals surface area contributed by atoms with Crippen LogP contribution >= 0.6 is 45.0 Å². The summed E-state index contributed by atoms with van der Waals surface area (Å²) in [6.45, 7) is 0. The number of amides is 2. The lowest BCUT2D eigenvalue weighted by Crippen LogP contribution is -2.33. The summed E-state index contributed by atoms with van der Waals surface area (Å²) in [5.41, 5.74) is 0.577. The second kappa shape index (κ2) is 5.87. The van der Waals surface area contributed by atoms with Crippen LogP contribution in [0.2, 0.25) is 10.0 Å². The molecule has 1 aromatic carbocycles. The predicted molar refractivity (Wildman–Crippen MR) is 71.5 cm³/mol.